The maximum atomic E-state index is 13.2. The van der Waals surface area contributed by atoms with Gasteiger partial charge in [-0.25, -0.2) is 13.8 Å². The van der Waals surface area contributed by atoms with E-state index in [0.29, 0.717) is 31.4 Å². The average Bonchev–Trinajstić information content (AvgIpc) is 2.86. The van der Waals surface area contributed by atoms with Gasteiger partial charge < -0.3 is 10.1 Å². The maximum absolute atomic E-state index is 13.2. The van der Waals surface area contributed by atoms with E-state index in [1.807, 2.05) is 6.92 Å². The standard InChI is InChI=1S/C14H17F2N3O/c1-2-20-7-3-4-17-14-18-5-6-19(14)13-9-11(15)8-12(16)10-13/h5-6,8-10H,2-4,7H2,1H3,(H,17,18). The van der Waals surface area contributed by atoms with Crippen LogP contribution in [0.2, 0.25) is 0 Å². The van der Waals surface area contributed by atoms with Gasteiger partial charge >= 0.3 is 0 Å². The topological polar surface area (TPSA) is 39.1 Å². The lowest BCUT2D eigenvalue weighted by Crippen LogP contribution is -2.10. The summed E-state index contributed by atoms with van der Waals surface area (Å²) in [6, 6.07) is 3.36. The Balaban J connectivity index is 2.04. The minimum atomic E-state index is -0.615. The van der Waals surface area contributed by atoms with Gasteiger partial charge in [0.25, 0.3) is 0 Å². The summed E-state index contributed by atoms with van der Waals surface area (Å²) in [4.78, 5) is 4.14. The van der Waals surface area contributed by atoms with E-state index >= 15 is 0 Å². The van der Waals surface area contributed by atoms with Crippen molar-refractivity contribution in [3.63, 3.8) is 0 Å². The van der Waals surface area contributed by atoms with Crippen molar-refractivity contribution in [3.05, 3.63) is 42.2 Å². The minimum Gasteiger partial charge on any atom is -0.382 e. The Morgan fingerprint density at radius 3 is 2.70 bits per heavy atom. The number of rotatable bonds is 7. The first kappa shape index (κ1) is 14.5. The van der Waals surface area contributed by atoms with Gasteiger partial charge in [0, 0.05) is 38.2 Å². The minimum absolute atomic E-state index is 0.396. The van der Waals surface area contributed by atoms with Crippen molar-refractivity contribution in [1.29, 1.82) is 0 Å². The third kappa shape index (κ3) is 3.77. The Labute approximate surface area is 116 Å². The first-order chi connectivity index (χ1) is 9.70. The lowest BCUT2D eigenvalue weighted by molar-refractivity contribution is 0.147. The first-order valence-corrected chi connectivity index (χ1v) is 6.52. The fourth-order valence-electron chi connectivity index (χ4n) is 1.84. The molecule has 0 aliphatic carbocycles. The molecule has 1 aromatic carbocycles. The van der Waals surface area contributed by atoms with Gasteiger partial charge in [-0.1, -0.05) is 0 Å². The zero-order chi connectivity index (χ0) is 14.4. The van der Waals surface area contributed by atoms with Crippen molar-refractivity contribution in [3.8, 4) is 5.69 Å². The van der Waals surface area contributed by atoms with Crippen molar-refractivity contribution >= 4 is 5.95 Å². The van der Waals surface area contributed by atoms with E-state index in [9.17, 15) is 8.78 Å². The molecule has 1 aromatic heterocycles. The molecule has 0 amide bonds. The summed E-state index contributed by atoms with van der Waals surface area (Å²) in [7, 11) is 0. The predicted octanol–water partition coefficient (Wildman–Crippen LogP) is 2.99. The normalized spacial score (nSPS) is 10.8. The fraction of sp³-hybridized carbons (Fsp3) is 0.357. The van der Waals surface area contributed by atoms with Crippen LogP contribution in [-0.2, 0) is 4.74 Å². The molecule has 0 saturated carbocycles. The molecule has 0 aliphatic heterocycles. The fourth-order valence-corrected chi connectivity index (χ4v) is 1.84. The van der Waals surface area contributed by atoms with Crippen LogP contribution in [0.3, 0.4) is 0 Å². The highest BCUT2D eigenvalue weighted by Crippen LogP contribution is 2.17. The van der Waals surface area contributed by atoms with Crippen LogP contribution in [-0.4, -0.2) is 29.3 Å². The largest absolute Gasteiger partial charge is 0.382 e. The Morgan fingerprint density at radius 2 is 2.00 bits per heavy atom. The number of imidazole rings is 1. The second kappa shape index (κ2) is 7.00. The van der Waals surface area contributed by atoms with E-state index in [1.54, 1.807) is 17.0 Å². The summed E-state index contributed by atoms with van der Waals surface area (Å²) in [6.07, 6.45) is 4.06. The Hall–Kier alpha value is -1.95. The molecule has 0 spiro atoms. The molecule has 1 N–H and O–H groups in total. The highest BCUT2D eigenvalue weighted by Gasteiger charge is 2.07. The molecule has 0 saturated heterocycles. The van der Waals surface area contributed by atoms with Crippen LogP contribution in [0.4, 0.5) is 14.7 Å². The predicted molar refractivity (Wildman–Crippen MR) is 73.1 cm³/mol. The Morgan fingerprint density at radius 1 is 1.25 bits per heavy atom. The Kier molecular flexibility index (Phi) is 5.06. The van der Waals surface area contributed by atoms with Crippen LogP contribution in [0.5, 0.6) is 0 Å². The number of anilines is 1. The van der Waals surface area contributed by atoms with Crippen LogP contribution in [0.25, 0.3) is 5.69 Å². The molecule has 108 valence electrons. The summed E-state index contributed by atoms with van der Waals surface area (Å²) in [5.41, 5.74) is 0.396. The molecule has 2 rings (SSSR count). The maximum Gasteiger partial charge on any atom is 0.207 e. The SMILES string of the molecule is CCOCCCNc1nccn1-c1cc(F)cc(F)c1. The number of aromatic nitrogens is 2. The molecule has 0 unspecified atom stereocenters. The van der Waals surface area contributed by atoms with Crippen LogP contribution in [0.15, 0.2) is 30.6 Å². The van der Waals surface area contributed by atoms with Crippen LogP contribution in [0, 0.1) is 11.6 Å². The van der Waals surface area contributed by atoms with Crippen molar-refractivity contribution < 1.29 is 13.5 Å². The smallest absolute Gasteiger partial charge is 0.207 e. The molecule has 6 heteroatoms. The van der Waals surface area contributed by atoms with Gasteiger partial charge in [-0.15, -0.1) is 0 Å². The number of benzene rings is 1. The zero-order valence-electron chi connectivity index (χ0n) is 11.3. The number of hydrogen-bond donors (Lipinski definition) is 1. The van der Waals surface area contributed by atoms with E-state index in [4.69, 9.17) is 4.74 Å². The molecule has 0 aliphatic rings. The molecule has 0 bridgehead atoms. The summed E-state index contributed by atoms with van der Waals surface area (Å²) < 4.78 is 33.3. The number of nitrogens with zero attached hydrogens (tertiary/aromatic N) is 2. The van der Waals surface area contributed by atoms with E-state index in [1.165, 1.54) is 12.1 Å². The molecule has 1 heterocycles. The summed E-state index contributed by atoms with van der Waals surface area (Å²) in [5, 5.41) is 3.12. The number of nitrogens with one attached hydrogen (secondary N) is 1. The molecule has 0 fully saturated rings. The summed E-state index contributed by atoms with van der Waals surface area (Å²) in [6.45, 7) is 3.98. The summed E-state index contributed by atoms with van der Waals surface area (Å²) >= 11 is 0. The van der Waals surface area contributed by atoms with Crippen LogP contribution >= 0.6 is 0 Å². The van der Waals surface area contributed by atoms with Crippen molar-refractivity contribution in [2.24, 2.45) is 0 Å². The molecule has 0 radical (unpaired) electrons. The molecule has 0 atom stereocenters. The average molecular weight is 281 g/mol. The zero-order valence-corrected chi connectivity index (χ0v) is 11.3. The van der Waals surface area contributed by atoms with E-state index in [0.717, 1.165) is 12.5 Å². The molecule has 2 aromatic rings. The number of hydrogen-bond acceptors (Lipinski definition) is 3. The summed E-state index contributed by atoms with van der Waals surface area (Å²) in [5.74, 6) is -0.682. The van der Waals surface area contributed by atoms with E-state index < -0.39 is 11.6 Å². The monoisotopic (exact) mass is 281 g/mol. The lowest BCUT2D eigenvalue weighted by Gasteiger charge is -2.10. The molecule has 4 nitrogen and oxygen atoms in total. The van der Waals surface area contributed by atoms with E-state index in [2.05, 4.69) is 10.3 Å². The second-order valence-electron chi connectivity index (χ2n) is 4.23. The highest BCUT2D eigenvalue weighted by molar-refractivity contribution is 5.42. The van der Waals surface area contributed by atoms with Crippen molar-refractivity contribution in [1.82, 2.24) is 9.55 Å². The Bertz CT molecular complexity index is 537. The van der Waals surface area contributed by atoms with Gasteiger partial charge in [0.15, 0.2) is 0 Å². The van der Waals surface area contributed by atoms with Gasteiger partial charge in [-0.3, -0.25) is 4.57 Å². The highest BCUT2D eigenvalue weighted by atomic mass is 19.1. The molecular formula is C14H17F2N3O. The number of ether oxygens (including phenoxy) is 1. The lowest BCUT2D eigenvalue weighted by atomic mass is 10.3. The van der Waals surface area contributed by atoms with Gasteiger partial charge in [0.2, 0.25) is 5.95 Å². The third-order valence-electron chi connectivity index (χ3n) is 2.72. The van der Waals surface area contributed by atoms with Crippen LogP contribution < -0.4 is 5.32 Å². The van der Waals surface area contributed by atoms with Gasteiger partial charge in [-0.05, 0) is 25.5 Å². The molecular weight excluding hydrogens is 264 g/mol. The van der Waals surface area contributed by atoms with Crippen LogP contribution in [0.1, 0.15) is 13.3 Å². The van der Waals surface area contributed by atoms with E-state index in [-0.39, 0.29) is 0 Å². The molecule has 20 heavy (non-hydrogen) atoms. The first-order valence-electron chi connectivity index (χ1n) is 6.52. The number of halogens is 2. The third-order valence-corrected chi connectivity index (χ3v) is 2.72. The van der Waals surface area contributed by atoms with Crippen molar-refractivity contribution in [2.45, 2.75) is 13.3 Å². The van der Waals surface area contributed by atoms with Gasteiger partial charge in [-0.2, -0.15) is 0 Å². The van der Waals surface area contributed by atoms with Gasteiger partial charge in [0.05, 0.1) is 5.69 Å². The van der Waals surface area contributed by atoms with Crippen molar-refractivity contribution in [2.75, 3.05) is 25.1 Å². The second-order valence-corrected chi connectivity index (χ2v) is 4.23. The quantitative estimate of drug-likeness (QED) is 0.793. The van der Waals surface area contributed by atoms with Gasteiger partial charge in [0.1, 0.15) is 11.6 Å².